The van der Waals surface area contributed by atoms with Crippen molar-refractivity contribution in [2.24, 2.45) is 0 Å². The lowest BCUT2D eigenvalue weighted by Crippen LogP contribution is -2.54. The van der Waals surface area contributed by atoms with Crippen molar-refractivity contribution in [2.45, 2.75) is 38.2 Å². The van der Waals surface area contributed by atoms with E-state index in [1.807, 2.05) is 32.0 Å². The third kappa shape index (κ3) is 3.29. The van der Waals surface area contributed by atoms with E-state index in [4.69, 9.17) is 9.26 Å². The predicted molar refractivity (Wildman–Crippen MR) is 97.9 cm³/mol. The zero-order valence-corrected chi connectivity index (χ0v) is 15.5. The molecule has 0 unspecified atom stereocenters. The first kappa shape index (κ1) is 17.6. The number of hydrogen-bond donors (Lipinski definition) is 1. The fourth-order valence-electron chi connectivity index (χ4n) is 3.56. The summed E-state index contributed by atoms with van der Waals surface area (Å²) in [5.74, 6) is 0.813. The number of carbonyl (C=O) groups is 2. The summed E-state index contributed by atoms with van der Waals surface area (Å²) in [6, 6.07) is 8.99. The number of aromatic nitrogens is 1. The minimum absolute atomic E-state index is 0.121. The SMILES string of the molecule is CC(C)c1cc(C(=O)N2CCC3(CC2)CNC(=O)c2ccccc2O3)on1. The van der Waals surface area contributed by atoms with Crippen molar-refractivity contribution in [3.8, 4) is 5.75 Å². The molecule has 2 aliphatic heterocycles. The van der Waals surface area contributed by atoms with E-state index in [-0.39, 0.29) is 23.5 Å². The van der Waals surface area contributed by atoms with Gasteiger partial charge in [-0.15, -0.1) is 0 Å². The molecule has 1 spiro atoms. The Labute approximate surface area is 157 Å². The van der Waals surface area contributed by atoms with E-state index in [0.29, 0.717) is 43.8 Å². The number of likely N-dealkylation sites (tertiary alicyclic amines) is 1. The third-order valence-corrected chi connectivity index (χ3v) is 5.32. The Hall–Kier alpha value is -2.83. The third-order valence-electron chi connectivity index (χ3n) is 5.32. The average molecular weight is 369 g/mol. The topological polar surface area (TPSA) is 84.7 Å². The number of para-hydroxylation sites is 1. The fraction of sp³-hybridized carbons (Fsp3) is 0.450. The summed E-state index contributed by atoms with van der Waals surface area (Å²) in [5.41, 5.74) is 0.831. The van der Waals surface area contributed by atoms with Crippen LogP contribution in [0.15, 0.2) is 34.9 Å². The molecule has 27 heavy (non-hydrogen) atoms. The summed E-state index contributed by atoms with van der Waals surface area (Å²) in [6.45, 7) is 5.52. The van der Waals surface area contributed by atoms with E-state index < -0.39 is 5.60 Å². The molecule has 0 saturated carbocycles. The molecule has 2 aliphatic rings. The van der Waals surface area contributed by atoms with Crippen molar-refractivity contribution in [2.75, 3.05) is 19.6 Å². The van der Waals surface area contributed by atoms with Crippen molar-refractivity contribution in [3.05, 3.63) is 47.3 Å². The molecule has 0 radical (unpaired) electrons. The lowest BCUT2D eigenvalue weighted by Gasteiger charge is -2.40. The molecular weight excluding hydrogens is 346 g/mol. The van der Waals surface area contributed by atoms with Gasteiger partial charge in [0.25, 0.3) is 11.8 Å². The van der Waals surface area contributed by atoms with Crippen LogP contribution >= 0.6 is 0 Å². The van der Waals surface area contributed by atoms with Gasteiger partial charge in [-0.3, -0.25) is 9.59 Å². The first-order valence-corrected chi connectivity index (χ1v) is 9.30. The fourth-order valence-corrected chi connectivity index (χ4v) is 3.56. The van der Waals surface area contributed by atoms with Gasteiger partial charge in [-0.2, -0.15) is 0 Å². The molecule has 2 amide bonds. The number of rotatable bonds is 2. The Bertz CT molecular complexity index is 866. The summed E-state index contributed by atoms with van der Waals surface area (Å²) in [4.78, 5) is 26.7. The zero-order chi connectivity index (χ0) is 19.0. The van der Waals surface area contributed by atoms with Crippen molar-refractivity contribution in [1.82, 2.24) is 15.4 Å². The van der Waals surface area contributed by atoms with Crippen LogP contribution in [0.3, 0.4) is 0 Å². The second kappa shape index (κ2) is 6.72. The Morgan fingerprint density at radius 2 is 2.00 bits per heavy atom. The zero-order valence-electron chi connectivity index (χ0n) is 15.5. The van der Waals surface area contributed by atoms with Crippen LogP contribution in [0.5, 0.6) is 5.75 Å². The smallest absolute Gasteiger partial charge is 0.292 e. The Balaban J connectivity index is 1.47. The number of fused-ring (bicyclic) bond motifs is 1. The molecule has 1 saturated heterocycles. The van der Waals surface area contributed by atoms with E-state index in [9.17, 15) is 9.59 Å². The molecule has 0 aliphatic carbocycles. The van der Waals surface area contributed by atoms with Crippen LogP contribution in [0.2, 0.25) is 0 Å². The summed E-state index contributed by atoms with van der Waals surface area (Å²) >= 11 is 0. The molecule has 3 heterocycles. The largest absolute Gasteiger partial charge is 0.484 e. The molecule has 1 aromatic heterocycles. The maximum Gasteiger partial charge on any atom is 0.292 e. The van der Waals surface area contributed by atoms with Crippen LogP contribution in [0.25, 0.3) is 0 Å². The highest BCUT2D eigenvalue weighted by atomic mass is 16.5. The van der Waals surface area contributed by atoms with E-state index in [1.54, 1.807) is 17.0 Å². The number of nitrogens with zero attached hydrogens (tertiary/aromatic N) is 2. The standard InChI is InChI=1S/C20H23N3O4/c1-13(2)15-11-17(27-22-15)19(25)23-9-7-20(8-10-23)12-21-18(24)14-5-3-4-6-16(14)26-20/h3-6,11,13H,7-10,12H2,1-2H3,(H,21,24). The normalized spacial score (nSPS) is 18.6. The molecule has 7 nitrogen and oxygen atoms in total. The van der Waals surface area contributed by atoms with Gasteiger partial charge in [-0.1, -0.05) is 31.1 Å². The number of piperidine rings is 1. The molecule has 1 N–H and O–H groups in total. The van der Waals surface area contributed by atoms with Gasteiger partial charge in [0, 0.05) is 32.0 Å². The quantitative estimate of drug-likeness (QED) is 0.880. The van der Waals surface area contributed by atoms with Crippen molar-refractivity contribution < 1.29 is 18.8 Å². The first-order valence-electron chi connectivity index (χ1n) is 9.30. The van der Waals surface area contributed by atoms with Crippen molar-refractivity contribution in [3.63, 3.8) is 0 Å². The van der Waals surface area contributed by atoms with Crippen LogP contribution in [-0.4, -0.2) is 47.1 Å². The van der Waals surface area contributed by atoms with Gasteiger partial charge in [-0.05, 0) is 18.1 Å². The van der Waals surface area contributed by atoms with Gasteiger partial charge in [-0.25, -0.2) is 0 Å². The summed E-state index contributed by atoms with van der Waals surface area (Å²) in [7, 11) is 0. The Morgan fingerprint density at radius 3 is 2.70 bits per heavy atom. The van der Waals surface area contributed by atoms with Gasteiger partial charge >= 0.3 is 0 Å². The summed E-state index contributed by atoms with van der Waals surface area (Å²) < 4.78 is 11.5. The molecule has 2 aromatic rings. The number of amides is 2. The highest BCUT2D eigenvalue weighted by Gasteiger charge is 2.41. The van der Waals surface area contributed by atoms with Gasteiger partial charge < -0.3 is 19.5 Å². The maximum absolute atomic E-state index is 12.7. The van der Waals surface area contributed by atoms with Gasteiger partial charge in [0.05, 0.1) is 17.8 Å². The minimum atomic E-state index is -0.496. The first-order chi connectivity index (χ1) is 13.0. The number of ether oxygens (including phenoxy) is 1. The number of carbonyl (C=O) groups excluding carboxylic acids is 2. The number of nitrogens with one attached hydrogen (secondary N) is 1. The van der Waals surface area contributed by atoms with Gasteiger partial charge in [0.2, 0.25) is 5.76 Å². The van der Waals surface area contributed by atoms with Crippen molar-refractivity contribution in [1.29, 1.82) is 0 Å². The van der Waals surface area contributed by atoms with Crippen LogP contribution in [0.4, 0.5) is 0 Å². The lowest BCUT2D eigenvalue weighted by molar-refractivity contribution is 0.00644. The molecular formula is C20H23N3O4. The summed E-state index contributed by atoms with van der Waals surface area (Å²) in [6.07, 6.45) is 1.27. The van der Waals surface area contributed by atoms with E-state index >= 15 is 0 Å². The molecule has 1 fully saturated rings. The van der Waals surface area contributed by atoms with E-state index in [1.165, 1.54) is 0 Å². The second-order valence-electron chi connectivity index (χ2n) is 7.53. The minimum Gasteiger partial charge on any atom is -0.484 e. The van der Waals surface area contributed by atoms with Crippen LogP contribution in [-0.2, 0) is 0 Å². The highest BCUT2D eigenvalue weighted by Crippen LogP contribution is 2.33. The molecule has 1 aromatic carbocycles. The van der Waals surface area contributed by atoms with E-state index in [0.717, 1.165) is 5.69 Å². The molecule has 142 valence electrons. The van der Waals surface area contributed by atoms with Gasteiger partial charge in [0.15, 0.2) is 0 Å². The number of hydrogen-bond acceptors (Lipinski definition) is 5. The van der Waals surface area contributed by atoms with Crippen LogP contribution in [0.1, 0.15) is 59.2 Å². The predicted octanol–water partition coefficient (Wildman–Crippen LogP) is 2.60. The van der Waals surface area contributed by atoms with Crippen LogP contribution < -0.4 is 10.1 Å². The second-order valence-corrected chi connectivity index (χ2v) is 7.53. The highest BCUT2D eigenvalue weighted by molar-refractivity contribution is 5.97. The van der Waals surface area contributed by atoms with Gasteiger partial charge in [0.1, 0.15) is 11.4 Å². The summed E-state index contributed by atoms with van der Waals surface area (Å²) in [5, 5.41) is 6.92. The Kier molecular flexibility index (Phi) is 4.37. The molecule has 0 bridgehead atoms. The molecule has 0 atom stereocenters. The molecule has 7 heteroatoms. The monoisotopic (exact) mass is 369 g/mol. The number of benzene rings is 1. The Morgan fingerprint density at radius 1 is 1.26 bits per heavy atom. The van der Waals surface area contributed by atoms with Crippen LogP contribution in [0, 0.1) is 0 Å². The molecule has 4 rings (SSSR count). The van der Waals surface area contributed by atoms with E-state index in [2.05, 4.69) is 10.5 Å². The maximum atomic E-state index is 12.7. The lowest BCUT2D eigenvalue weighted by atomic mass is 9.90. The average Bonchev–Trinajstić information content (AvgIpc) is 3.13. The van der Waals surface area contributed by atoms with Crippen molar-refractivity contribution >= 4 is 11.8 Å².